The molecule has 2 fully saturated rings. The van der Waals surface area contributed by atoms with E-state index < -0.39 is 11.5 Å². The van der Waals surface area contributed by atoms with Gasteiger partial charge in [0.25, 0.3) is 5.91 Å². The number of ether oxygens (including phenoxy) is 1. The van der Waals surface area contributed by atoms with Gasteiger partial charge in [-0.25, -0.2) is 9.97 Å². The lowest BCUT2D eigenvalue weighted by Crippen LogP contribution is -2.30. The van der Waals surface area contributed by atoms with Crippen molar-refractivity contribution in [2.24, 2.45) is 5.92 Å². The molecule has 9 heteroatoms. The molecule has 1 amide bonds. The summed E-state index contributed by atoms with van der Waals surface area (Å²) >= 11 is 0. The summed E-state index contributed by atoms with van der Waals surface area (Å²) in [7, 11) is 0. The molecule has 5 N–H and O–H groups in total. The fourth-order valence-corrected chi connectivity index (χ4v) is 4.24. The lowest BCUT2D eigenvalue weighted by atomic mass is 9.95. The molecule has 1 saturated heterocycles. The van der Waals surface area contributed by atoms with Crippen molar-refractivity contribution in [3.63, 3.8) is 0 Å². The highest BCUT2D eigenvalue weighted by Gasteiger charge is 2.25. The number of carbonyl (C=O) groups is 1. The second kappa shape index (κ2) is 11.3. The van der Waals surface area contributed by atoms with Crippen LogP contribution in [-0.2, 0) is 4.74 Å². The van der Waals surface area contributed by atoms with Gasteiger partial charge in [0.1, 0.15) is 17.5 Å². The average molecular weight is 495 g/mol. The summed E-state index contributed by atoms with van der Waals surface area (Å²) in [4.78, 5) is 22.0. The van der Waals surface area contributed by atoms with Gasteiger partial charge in [-0.1, -0.05) is 12.1 Å². The number of hydrogen-bond acceptors (Lipinski definition) is 8. The van der Waals surface area contributed by atoms with Crippen LogP contribution in [0.3, 0.4) is 0 Å². The molecular weight excluding hydrogens is 456 g/mol. The molecule has 2 heterocycles. The van der Waals surface area contributed by atoms with E-state index in [9.17, 15) is 9.90 Å². The van der Waals surface area contributed by atoms with Crippen LogP contribution in [0.2, 0.25) is 0 Å². The zero-order valence-electron chi connectivity index (χ0n) is 21.4. The van der Waals surface area contributed by atoms with E-state index in [4.69, 9.17) is 15.1 Å². The van der Waals surface area contributed by atoms with E-state index in [-0.39, 0.29) is 5.91 Å². The molecule has 1 atom stereocenters. The van der Waals surface area contributed by atoms with Gasteiger partial charge in [-0.2, -0.15) is 0 Å². The van der Waals surface area contributed by atoms with Crippen LogP contribution >= 0.6 is 0 Å². The molecule has 194 valence electrons. The number of nitrogens with zero attached hydrogens (tertiary/aromatic N) is 2. The van der Waals surface area contributed by atoms with Crippen molar-refractivity contribution in [3.8, 4) is 0 Å². The first-order valence-electron chi connectivity index (χ1n) is 12.8. The number of anilines is 2. The zero-order chi connectivity index (χ0) is 25.7. The Hall–Kier alpha value is -3.04. The van der Waals surface area contributed by atoms with E-state index in [1.807, 2.05) is 31.2 Å². The minimum Gasteiger partial charge on any atom is -0.389 e. The van der Waals surface area contributed by atoms with Crippen molar-refractivity contribution < 1.29 is 14.6 Å². The maximum atomic E-state index is 12.6. The summed E-state index contributed by atoms with van der Waals surface area (Å²) in [6.45, 7) is 8.04. The molecule has 2 aliphatic rings. The topological polar surface area (TPSA) is 132 Å². The second-order valence-electron chi connectivity index (χ2n) is 10.6. The van der Waals surface area contributed by atoms with Gasteiger partial charge in [0.05, 0.1) is 11.5 Å². The standard InChI is InChI=1S/C27H38N6O3/c1-17-12-19(4-7-21(17)26(34)31-20-5-6-20)22(14-28)25-32-23(29-15-18-8-10-36-11-9-18)13-24(33-25)30-16-27(2,3)35/h4,7,12-14,18,20,22,28,35H,5-6,8-11,15-16H2,1-3H3,(H,31,34)(H2,29,30,32,33). The third-order valence-corrected chi connectivity index (χ3v) is 6.57. The van der Waals surface area contributed by atoms with Crippen molar-refractivity contribution in [2.45, 2.75) is 64.0 Å². The summed E-state index contributed by atoms with van der Waals surface area (Å²) < 4.78 is 5.47. The number of aryl methyl sites for hydroxylation is 1. The third kappa shape index (κ3) is 7.24. The maximum Gasteiger partial charge on any atom is 0.251 e. The van der Waals surface area contributed by atoms with Crippen LogP contribution in [0.1, 0.15) is 72.8 Å². The Morgan fingerprint density at radius 3 is 2.47 bits per heavy atom. The Bertz CT molecular complexity index is 1070. The van der Waals surface area contributed by atoms with Crippen LogP contribution in [-0.4, -0.2) is 65.1 Å². The molecule has 1 aromatic carbocycles. The zero-order valence-corrected chi connectivity index (χ0v) is 21.4. The smallest absolute Gasteiger partial charge is 0.251 e. The number of nitrogens with one attached hydrogen (secondary N) is 4. The molecule has 0 spiro atoms. The Kier molecular flexibility index (Phi) is 8.21. The molecule has 9 nitrogen and oxygen atoms in total. The number of carbonyl (C=O) groups excluding carboxylic acids is 1. The van der Waals surface area contributed by atoms with E-state index in [0.717, 1.165) is 56.6 Å². The number of aliphatic hydroxyl groups is 1. The van der Waals surface area contributed by atoms with E-state index in [2.05, 4.69) is 20.9 Å². The van der Waals surface area contributed by atoms with Gasteiger partial charge in [-0.05, 0) is 69.6 Å². The molecule has 2 aromatic rings. The van der Waals surface area contributed by atoms with Crippen molar-refractivity contribution in [1.82, 2.24) is 15.3 Å². The van der Waals surface area contributed by atoms with E-state index in [1.165, 1.54) is 6.21 Å². The first kappa shape index (κ1) is 26.0. The van der Waals surface area contributed by atoms with Crippen LogP contribution in [0.15, 0.2) is 24.3 Å². The molecule has 36 heavy (non-hydrogen) atoms. The van der Waals surface area contributed by atoms with Gasteiger partial charge in [0.2, 0.25) is 0 Å². The monoisotopic (exact) mass is 494 g/mol. The minimum atomic E-state index is -0.907. The number of rotatable bonds is 11. The Morgan fingerprint density at radius 2 is 1.86 bits per heavy atom. The SMILES string of the molecule is Cc1cc(C(C=N)c2nc(NCC3CCOCC3)cc(NCC(C)(C)O)n2)ccc1C(=O)NC1CC1. The first-order valence-corrected chi connectivity index (χ1v) is 12.8. The largest absolute Gasteiger partial charge is 0.389 e. The van der Waals surface area contributed by atoms with Crippen molar-refractivity contribution in [1.29, 1.82) is 5.41 Å². The van der Waals surface area contributed by atoms with Gasteiger partial charge >= 0.3 is 0 Å². The highest BCUT2D eigenvalue weighted by Crippen LogP contribution is 2.27. The number of benzene rings is 1. The molecule has 1 unspecified atom stereocenters. The first-order chi connectivity index (χ1) is 17.2. The van der Waals surface area contributed by atoms with E-state index in [1.54, 1.807) is 13.8 Å². The van der Waals surface area contributed by atoms with Gasteiger partial charge in [0, 0.05) is 50.2 Å². The van der Waals surface area contributed by atoms with Gasteiger partial charge < -0.3 is 31.2 Å². The predicted octanol–water partition coefficient (Wildman–Crippen LogP) is 3.48. The Balaban J connectivity index is 1.57. The quantitative estimate of drug-likeness (QED) is 0.302. The highest BCUT2D eigenvalue weighted by molar-refractivity contribution is 5.96. The molecule has 4 rings (SSSR count). The van der Waals surface area contributed by atoms with Crippen LogP contribution in [0, 0.1) is 18.3 Å². The molecule has 0 radical (unpaired) electrons. The number of amides is 1. The van der Waals surface area contributed by atoms with Crippen molar-refractivity contribution >= 4 is 23.8 Å². The average Bonchev–Trinajstić information content (AvgIpc) is 3.66. The highest BCUT2D eigenvalue weighted by atomic mass is 16.5. The third-order valence-electron chi connectivity index (χ3n) is 6.57. The number of aromatic nitrogens is 2. The molecule has 1 saturated carbocycles. The fourth-order valence-electron chi connectivity index (χ4n) is 4.24. The Labute approximate surface area is 213 Å². The molecular formula is C27H38N6O3. The molecule has 1 aromatic heterocycles. The normalized spacial score (nSPS) is 17.3. The van der Waals surface area contributed by atoms with Crippen LogP contribution in [0.5, 0.6) is 0 Å². The minimum absolute atomic E-state index is 0.0541. The summed E-state index contributed by atoms with van der Waals surface area (Å²) in [5.41, 5.74) is 1.44. The second-order valence-corrected chi connectivity index (χ2v) is 10.6. The molecule has 0 bridgehead atoms. The lowest BCUT2D eigenvalue weighted by molar-refractivity contribution is 0.0699. The van der Waals surface area contributed by atoms with Gasteiger partial charge in [-0.3, -0.25) is 4.79 Å². The Morgan fingerprint density at radius 1 is 1.17 bits per heavy atom. The van der Waals surface area contributed by atoms with Crippen molar-refractivity contribution in [3.05, 3.63) is 46.8 Å². The van der Waals surface area contributed by atoms with E-state index in [0.29, 0.717) is 41.5 Å². The summed E-state index contributed by atoms with van der Waals surface area (Å²) in [6.07, 6.45) is 5.43. The summed E-state index contributed by atoms with van der Waals surface area (Å²) in [5.74, 6) is 1.72. The fraction of sp³-hybridized carbons (Fsp3) is 0.556. The number of hydrogen-bond donors (Lipinski definition) is 5. The van der Waals surface area contributed by atoms with E-state index >= 15 is 0 Å². The van der Waals surface area contributed by atoms with Gasteiger partial charge in [-0.15, -0.1) is 0 Å². The summed E-state index contributed by atoms with van der Waals surface area (Å²) in [5, 5.41) is 28.0. The van der Waals surface area contributed by atoms with Crippen LogP contribution in [0.4, 0.5) is 11.6 Å². The van der Waals surface area contributed by atoms with Gasteiger partial charge in [0.15, 0.2) is 0 Å². The predicted molar refractivity (Wildman–Crippen MR) is 141 cm³/mol. The lowest BCUT2D eigenvalue weighted by Gasteiger charge is -2.23. The summed E-state index contributed by atoms with van der Waals surface area (Å²) in [6, 6.07) is 7.77. The maximum absolute atomic E-state index is 12.6. The molecule has 1 aliphatic heterocycles. The van der Waals surface area contributed by atoms with Crippen LogP contribution < -0.4 is 16.0 Å². The molecule has 1 aliphatic carbocycles. The van der Waals surface area contributed by atoms with Crippen molar-refractivity contribution in [2.75, 3.05) is 36.9 Å². The van der Waals surface area contributed by atoms with Crippen LogP contribution in [0.25, 0.3) is 0 Å².